The van der Waals surface area contributed by atoms with Gasteiger partial charge in [-0.25, -0.2) is 0 Å². The Morgan fingerprint density at radius 3 is 2.31 bits per heavy atom. The minimum Gasteiger partial charge on any atom is -0.508 e. The van der Waals surface area contributed by atoms with Gasteiger partial charge in [0.05, 0.1) is 6.54 Å². The van der Waals surface area contributed by atoms with E-state index in [1.165, 1.54) is 0 Å². The first-order valence-electron chi connectivity index (χ1n) is 5.47. The smallest absolute Gasteiger partial charge is 0.238 e. The predicted octanol–water partition coefficient (Wildman–Crippen LogP) is 1.67. The SMILES string of the molecule is CCN(CC)CC(=O)Nc1ccc(O)cc1. The average Bonchev–Trinajstić information content (AvgIpc) is 2.29. The molecule has 4 heteroatoms. The fourth-order valence-electron chi connectivity index (χ4n) is 1.40. The maximum Gasteiger partial charge on any atom is 0.238 e. The monoisotopic (exact) mass is 222 g/mol. The van der Waals surface area contributed by atoms with E-state index in [0.717, 1.165) is 13.1 Å². The normalized spacial score (nSPS) is 10.4. The molecule has 0 spiro atoms. The summed E-state index contributed by atoms with van der Waals surface area (Å²) in [6, 6.07) is 6.45. The maximum atomic E-state index is 11.6. The van der Waals surface area contributed by atoms with Crippen LogP contribution >= 0.6 is 0 Å². The number of carbonyl (C=O) groups is 1. The van der Waals surface area contributed by atoms with E-state index >= 15 is 0 Å². The molecular weight excluding hydrogens is 204 g/mol. The molecule has 0 fully saturated rings. The Bertz CT molecular complexity index is 331. The number of anilines is 1. The van der Waals surface area contributed by atoms with E-state index < -0.39 is 0 Å². The van der Waals surface area contributed by atoms with Crippen molar-refractivity contribution in [2.45, 2.75) is 13.8 Å². The largest absolute Gasteiger partial charge is 0.508 e. The lowest BCUT2D eigenvalue weighted by molar-refractivity contribution is -0.117. The van der Waals surface area contributed by atoms with Crippen molar-refractivity contribution in [2.75, 3.05) is 25.0 Å². The highest BCUT2D eigenvalue weighted by Crippen LogP contribution is 2.13. The van der Waals surface area contributed by atoms with E-state index in [1.54, 1.807) is 24.3 Å². The second kappa shape index (κ2) is 6.12. The molecule has 0 aliphatic carbocycles. The number of carbonyl (C=O) groups excluding carboxylic acids is 1. The number of phenolic OH excluding ortho intramolecular Hbond substituents is 1. The van der Waals surface area contributed by atoms with Crippen molar-refractivity contribution in [1.82, 2.24) is 4.90 Å². The summed E-state index contributed by atoms with van der Waals surface area (Å²) in [6.45, 7) is 6.17. The number of nitrogens with zero attached hydrogens (tertiary/aromatic N) is 1. The van der Waals surface area contributed by atoms with Crippen LogP contribution in [-0.2, 0) is 4.79 Å². The van der Waals surface area contributed by atoms with E-state index in [1.807, 2.05) is 18.7 Å². The van der Waals surface area contributed by atoms with Crippen molar-refractivity contribution in [3.8, 4) is 5.75 Å². The van der Waals surface area contributed by atoms with Gasteiger partial charge in [0.2, 0.25) is 5.91 Å². The summed E-state index contributed by atoms with van der Waals surface area (Å²) in [4.78, 5) is 13.6. The molecule has 0 atom stereocenters. The van der Waals surface area contributed by atoms with Gasteiger partial charge in [0.15, 0.2) is 0 Å². The topological polar surface area (TPSA) is 52.6 Å². The zero-order valence-electron chi connectivity index (χ0n) is 9.73. The highest BCUT2D eigenvalue weighted by atomic mass is 16.3. The van der Waals surface area contributed by atoms with Gasteiger partial charge in [-0.2, -0.15) is 0 Å². The van der Waals surface area contributed by atoms with Crippen molar-refractivity contribution >= 4 is 11.6 Å². The van der Waals surface area contributed by atoms with E-state index in [-0.39, 0.29) is 11.7 Å². The highest BCUT2D eigenvalue weighted by Gasteiger charge is 2.06. The molecule has 1 aromatic rings. The standard InChI is InChI=1S/C12H18N2O2/c1-3-14(4-2)9-12(16)13-10-5-7-11(15)8-6-10/h5-8,15H,3-4,9H2,1-2H3,(H,13,16). The lowest BCUT2D eigenvalue weighted by Crippen LogP contribution is -2.32. The third kappa shape index (κ3) is 3.90. The minimum atomic E-state index is -0.0330. The van der Waals surface area contributed by atoms with Crippen LogP contribution in [0.25, 0.3) is 0 Å². The molecule has 1 aromatic carbocycles. The summed E-state index contributed by atoms with van der Waals surface area (Å²) >= 11 is 0. The molecule has 1 amide bonds. The van der Waals surface area contributed by atoms with Gasteiger partial charge in [0.25, 0.3) is 0 Å². The summed E-state index contributed by atoms with van der Waals surface area (Å²) in [6.07, 6.45) is 0. The molecule has 88 valence electrons. The van der Waals surface area contributed by atoms with Crippen molar-refractivity contribution in [1.29, 1.82) is 0 Å². The molecule has 4 nitrogen and oxygen atoms in total. The number of nitrogens with one attached hydrogen (secondary N) is 1. The Morgan fingerprint density at radius 2 is 1.81 bits per heavy atom. The summed E-state index contributed by atoms with van der Waals surface area (Å²) in [5, 5.41) is 11.9. The maximum absolute atomic E-state index is 11.6. The Kier molecular flexibility index (Phi) is 4.79. The molecule has 1 rings (SSSR count). The second-order valence-electron chi connectivity index (χ2n) is 3.56. The van der Waals surface area contributed by atoms with Crippen LogP contribution in [0.3, 0.4) is 0 Å². The molecule has 0 bridgehead atoms. The third-order valence-corrected chi connectivity index (χ3v) is 2.41. The van der Waals surface area contributed by atoms with Gasteiger partial charge in [-0.1, -0.05) is 13.8 Å². The first-order chi connectivity index (χ1) is 7.65. The van der Waals surface area contributed by atoms with E-state index in [9.17, 15) is 4.79 Å². The Hall–Kier alpha value is -1.55. The van der Waals surface area contributed by atoms with Gasteiger partial charge in [-0.15, -0.1) is 0 Å². The fourth-order valence-corrected chi connectivity index (χ4v) is 1.40. The molecule has 0 radical (unpaired) electrons. The van der Waals surface area contributed by atoms with Crippen molar-refractivity contribution in [3.63, 3.8) is 0 Å². The van der Waals surface area contributed by atoms with Crippen molar-refractivity contribution in [3.05, 3.63) is 24.3 Å². The number of phenols is 1. The first-order valence-corrected chi connectivity index (χ1v) is 5.47. The fraction of sp³-hybridized carbons (Fsp3) is 0.417. The number of hydrogen-bond donors (Lipinski definition) is 2. The average molecular weight is 222 g/mol. The summed E-state index contributed by atoms with van der Waals surface area (Å²) < 4.78 is 0. The molecule has 0 saturated heterocycles. The number of aromatic hydroxyl groups is 1. The summed E-state index contributed by atoms with van der Waals surface area (Å²) in [7, 11) is 0. The molecular formula is C12H18N2O2. The highest BCUT2D eigenvalue weighted by molar-refractivity contribution is 5.92. The van der Waals surface area contributed by atoms with E-state index in [4.69, 9.17) is 5.11 Å². The van der Waals surface area contributed by atoms with Crippen LogP contribution in [0.4, 0.5) is 5.69 Å². The Labute approximate surface area is 95.9 Å². The van der Waals surface area contributed by atoms with Crippen LogP contribution in [-0.4, -0.2) is 35.5 Å². The summed E-state index contributed by atoms with van der Waals surface area (Å²) in [5.41, 5.74) is 0.704. The van der Waals surface area contributed by atoms with Gasteiger partial charge in [-0.05, 0) is 37.4 Å². The molecule has 0 aliphatic rings. The van der Waals surface area contributed by atoms with Gasteiger partial charge in [0, 0.05) is 5.69 Å². The van der Waals surface area contributed by atoms with Gasteiger partial charge in [0.1, 0.15) is 5.75 Å². The number of likely N-dealkylation sites (N-methyl/N-ethyl adjacent to an activating group) is 1. The number of rotatable bonds is 5. The zero-order valence-corrected chi connectivity index (χ0v) is 9.73. The van der Waals surface area contributed by atoms with Crippen LogP contribution in [0, 0.1) is 0 Å². The molecule has 0 saturated carbocycles. The van der Waals surface area contributed by atoms with Crippen molar-refractivity contribution < 1.29 is 9.90 Å². The molecule has 0 unspecified atom stereocenters. The van der Waals surface area contributed by atoms with Gasteiger partial charge < -0.3 is 10.4 Å². The quantitative estimate of drug-likeness (QED) is 0.745. The second-order valence-corrected chi connectivity index (χ2v) is 3.56. The van der Waals surface area contributed by atoms with Crippen LogP contribution in [0.15, 0.2) is 24.3 Å². The van der Waals surface area contributed by atoms with Gasteiger partial charge in [-0.3, -0.25) is 9.69 Å². The predicted molar refractivity (Wildman–Crippen MR) is 64.5 cm³/mol. The molecule has 0 heterocycles. The van der Waals surface area contributed by atoms with Crippen LogP contribution in [0.2, 0.25) is 0 Å². The Morgan fingerprint density at radius 1 is 1.25 bits per heavy atom. The minimum absolute atomic E-state index is 0.0330. The lowest BCUT2D eigenvalue weighted by atomic mass is 10.3. The van der Waals surface area contributed by atoms with Crippen LogP contribution in [0.1, 0.15) is 13.8 Å². The number of hydrogen-bond acceptors (Lipinski definition) is 3. The van der Waals surface area contributed by atoms with Crippen LogP contribution in [0.5, 0.6) is 5.75 Å². The molecule has 16 heavy (non-hydrogen) atoms. The molecule has 2 N–H and O–H groups in total. The lowest BCUT2D eigenvalue weighted by Gasteiger charge is -2.17. The Balaban J connectivity index is 2.48. The first kappa shape index (κ1) is 12.5. The summed E-state index contributed by atoms with van der Waals surface area (Å²) in [5.74, 6) is 0.163. The van der Waals surface area contributed by atoms with E-state index in [2.05, 4.69) is 5.32 Å². The number of benzene rings is 1. The van der Waals surface area contributed by atoms with E-state index in [0.29, 0.717) is 12.2 Å². The molecule has 0 aliphatic heterocycles. The zero-order chi connectivity index (χ0) is 12.0. The van der Waals surface area contributed by atoms with Crippen molar-refractivity contribution in [2.24, 2.45) is 0 Å². The third-order valence-electron chi connectivity index (χ3n) is 2.41. The van der Waals surface area contributed by atoms with Crippen LogP contribution < -0.4 is 5.32 Å². The number of amides is 1. The van der Waals surface area contributed by atoms with Gasteiger partial charge >= 0.3 is 0 Å². The molecule has 0 aromatic heterocycles.